The molecule has 0 atom stereocenters. The van der Waals surface area contributed by atoms with Gasteiger partial charge < -0.3 is 10.1 Å². The standard InChI is InChI=1S/C16H17ClFNO/c1-3-19-10-13-14(17)5-4-6-16(13)20-15-8-7-12(18)9-11(15)2/h4-9,19H,3,10H2,1-2H3. The van der Waals surface area contributed by atoms with E-state index in [1.54, 1.807) is 6.07 Å². The van der Waals surface area contributed by atoms with Crippen molar-refractivity contribution in [2.75, 3.05) is 6.54 Å². The molecule has 20 heavy (non-hydrogen) atoms. The molecule has 0 aromatic heterocycles. The highest BCUT2D eigenvalue weighted by Gasteiger charge is 2.10. The van der Waals surface area contributed by atoms with E-state index < -0.39 is 0 Å². The molecular formula is C16H17ClFNO. The van der Waals surface area contributed by atoms with Gasteiger partial charge in [0.2, 0.25) is 0 Å². The molecular weight excluding hydrogens is 277 g/mol. The predicted octanol–water partition coefficient (Wildman–Crippen LogP) is 4.69. The maximum absolute atomic E-state index is 13.1. The van der Waals surface area contributed by atoms with E-state index in [-0.39, 0.29) is 5.82 Å². The molecule has 4 heteroatoms. The van der Waals surface area contributed by atoms with Crippen molar-refractivity contribution in [1.29, 1.82) is 0 Å². The summed E-state index contributed by atoms with van der Waals surface area (Å²) < 4.78 is 19.0. The van der Waals surface area contributed by atoms with Gasteiger partial charge in [-0.1, -0.05) is 24.6 Å². The summed E-state index contributed by atoms with van der Waals surface area (Å²) in [6.07, 6.45) is 0. The molecule has 0 amide bonds. The average molecular weight is 294 g/mol. The van der Waals surface area contributed by atoms with E-state index in [9.17, 15) is 4.39 Å². The highest BCUT2D eigenvalue weighted by molar-refractivity contribution is 6.31. The molecule has 2 nitrogen and oxygen atoms in total. The maximum Gasteiger partial charge on any atom is 0.133 e. The Hall–Kier alpha value is -1.58. The first-order valence-corrected chi connectivity index (χ1v) is 6.91. The molecule has 2 rings (SSSR count). The van der Waals surface area contributed by atoms with E-state index >= 15 is 0 Å². The van der Waals surface area contributed by atoms with Crippen molar-refractivity contribution in [3.8, 4) is 11.5 Å². The van der Waals surface area contributed by atoms with Gasteiger partial charge in [-0.05, 0) is 49.4 Å². The van der Waals surface area contributed by atoms with Crippen LogP contribution in [0.15, 0.2) is 36.4 Å². The van der Waals surface area contributed by atoms with Gasteiger partial charge in [0.15, 0.2) is 0 Å². The van der Waals surface area contributed by atoms with Crippen LogP contribution < -0.4 is 10.1 Å². The number of ether oxygens (including phenoxy) is 1. The van der Waals surface area contributed by atoms with Gasteiger partial charge in [0.1, 0.15) is 17.3 Å². The summed E-state index contributed by atoms with van der Waals surface area (Å²) in [5.41, 5.74) is 1.65. The van der Waals surface area contributed by atoms with Gasteiger partial charge >= 0.3 is 0 Å². The molecule has 2 aromatic carbocycles. The molecule has 106 valence electrons. The normalized spacial score (nSPS) is 10.6. The van der Waals surface area contributed by atoms with E-state index in [1.807, 2.05) is 32.0 Å². The molecule has 0 aliphatic heterocycles. The van der Waals surface area contributed by atoms with Crippen molar-refractivity contribution in [2.45, 2.75) is 20.4 Å². The molecule has 0 unspecified atom stereocenters. The minimum absolute atomic E-state index is 0.270. The third-order valence-electron chi connectivity index (χ3n) is 2.98. The van der Waals surface area contributed by atoms with E-state index in [1.165, 1.54) is 12.1 Å². The van der Waals surface area contributed by atoms with Crippen LogP contribution in [0.3, 0.4) is 0 Å². The summed E-state index contributed by atoms with van der Waals surface area (Å²) in [6.45, 7) is 5.32. The summed E-state index contributed by atoms with van der Waals surface area (Å²) in [7, 11) is 0. The Morgan fingerprint density at radius 3 is 2.70 bits per heavy atom. The Bertz CT molecular complexity index is 601. The highest BCUT2D eigenvalue weighted by atomic mass is 35.5. The Morgan fingerprint density at radius 2 is 2.00 bits per heavy atom. The molecule has 1 N–H and O–H groups in total. The lowest BCUT2D eigenvalue weighted by molar-refractivity contribution is 0.467. The Morgan fingerprint density at radius 1 is 1.20 bits per heavy atom. The van der Waals surface area contributed by atoms with Crippen LogP contribution in [0.25, 0.3) is 0 Å². The third kappa shape index (κ3) is 3.50. The minimum atomic E-state index is -0.270. The number of rotatable bonds is 5. The average Bonchev–Trinajstić information content (AvgIpc) is 2.41. The minimum Gasteiger partial charge on any atom is -0.457 e. The van der Waals surface area contributed by atoms with Gasteiger partial charge in [0.25, 0.3) is 0 Å². The predicted molar refractivity (Wildman–Crippen MR) is 80.0 cm³/mol. The molecule has 0 aliphatic rings. The lowest BCUT2D eigenvalue weighted by atomic mass is 10.2. The van der Waals surface area contributed by atoms with Crippen molar-refractivity contribution in [3.63, 3.8) is 0 Å². The fourth-order valence-corrected chi connectivity index (χ4v) is 2.13. The first kappa shape index (κ1) is 14.8. The highest BCUT2D eigenvalue weighted by Crippen LogP contribution is 2.32. The van der Waals surface area contributed by atoms with Gasteiger partial charge in [-0.15, -0.1) is 0 Å². The van der Waals surface area contributed by atoms with Crippen LogP contribution in [0, 0.1) is 12.7 Å². The number of halogens is 2. The molecule has 0 fully saturated rings. The van der Waals surface area contributed by atoms with Gasteiger partial charge in [-0.3, -0.25) is 0 Å². The van der Waals surface area contributed by atoms with Crippen LogP contribution in [0.1, 0.15) is 18.1 Å². The van der Waals surface area contributed by atoms with Crippen LogP contribution in [-0.4, -0.2) is 6.54 Å². The van der Waals surface area contributed by atoms with Crippen molar-refractivity contribution in [3.05, 3.63) is 58.4 Å². The first-order valence-electron chi connectivity index (χ1n) is 6.54. The van der Waals surface area contributed by atoms with E-state index in [2.05, 4.69) is 5.32 Å². The smallest absolute Gasteiger partial charge is 0.133 e. The summed E-state index contributed by atoms with van der Waals surface area (Å²) in [4.78, 5) is 0. The Kier molecular flexibility index (Phi) is 4.99. The summed E-state index contributed by atoms with van der Waals surface area (Å²) in [5.74, 6) is 1.05. The van der Waals surface area contributed by atoms with Crippen LogP contribution in [0.5, 0.6) is 11.5 Å². The van der Waals surface area contributed by atoms with Crippen molar-refractivity contribution in [1.82, 2.24) is 5.32 Å². The lowest BCUT2D eigenvalue weighted by Crippen LogP contribution is -2.12. The molecule has 0 bridgehead atoms. The summed E-state index contributed by atoms with van der Waals surface area (Å²) >= 11 is 6.22. The second-order valence-electron chi connectivity index (χ2n) is 4.51. The quantitative estimate of drug-likeness (QED) is 0.863. The Labute approximate surface area is 123 Å². The molecule has 0 saturated carbocycles. The number of hydrogen-bond donors (Lipinski definition) is 1. The SMILES string of the molecule is CCNCc1c(Cl)cccc1Oc1ccc(F)cc1C. The summed E-state index contributed by atoms with van der Waals surface area (Å²) in [5, 5.41) is 3.89. The molecule has 0 saturated heterocycles. The second kappa shape index (κ2) is 6.73. The largest absolute Gasteiger partial charge is 0.457 e. The van der Waals surface area contributed by atoms with E-state index in [4.69, 9.17) is 16.3 Å². The van der Waals surface area contributed by atoms with Crippen molar-refractivity contribution < 1.29 is 9.13 Å². The lowest BCUT2D eigenvalue weighted by Gasteiger charge is -2.14. The number of hydrogen-bond acceptors (Lipinski definition) is 2. The van der Waals surface area contributed by atoms with E-state index in [0.717, 1.165) is 17.7 Å². The van der Waals surface area contributed by atoms with E-state index in [0.29, 0.717) is 23.1 Å². The monoisotopic (exact) mass is 293 g/mol. The zero-order chi connectivity index (χ0) is 14.5. The second-order valence-corrected chi connectivity index (χ2v) is 4.92. The molecule has 2 aromatic rings. The fraction of sp³-hybridized carbons (Fsp3) is 0.250. The molecule has 0 heterocycles. The van der Waals surface area contributed by atoms with Gasteiger partial charge in [-0.25, -0.2) is 4.39 Å². The number of aryl methyl sites for hydroxylation is 1. The van der Waals surface area contributed by atoms with Crippen LogP contribution in [-0.2, 0) is 6.54 Å². The molecule has 0 radical (unpaired) electrons. The number of benzene rings is 2. The van der Waals surface area contributed by atoms with Crippen LogP contribution in [0.2, 0.25) is 5.02 Å². The van der Waals surface area contributed by atoms with Crippen molar-refractivity contribution >= 4 is 11.6 Å². The maximum atomic E-state index is 13.1. The Balaban J connectivity index is 2.30. The topological polar surface area (TPSA) is 21.3 Å². The van der Waals surface area contributed by atoms with Gasteiger partial charge in [0, 0.05) is 17.1 Å². The molecule has 0 aliphatic carbocycles. The number of nitrogens with one attached hydrogen (secondary N) is 1. The van der Waals surface area contributed by atoms with Crippen LogP contribution in [0.4, 0.5) is 4.39 Å². The third-order valence-corrected chi connectivity index (χ3v) is 3.34. The first-order chi connectivity index (χ1) is 9.61. The van der Waals surface area contributed by atoms with Gasteiger partial charge in [-0.2, -0.15) is 0 Å². The van der Waals surface area contributed by atoms with Crippen LogP contribution >= 0.6 is 11.6 Å². The zero-order valence-electron chi connectivity index (χ0n) is 11.5. The fourth-order valence-electron chi connectivity index (χ4n) is 1.90. The van der Waals surface area contributed by atoms with Gasteiger partial charge in [0.05, 0.1) is 0 Å². The zero-order valence-corrected chi connectivity index (χ0v) is 12.3. The molecule has 0 spiro atoms. The summed E-state index contributed by atoms with van der Waals surface area (Å²) in [6, 6.07) is 10.00. The van der Waals surface area contributed by atoms with Crippen molar-refractivity contribution in [2.24, 2.45) is 0 Å².